The van der Waals surface area contributed by atoms with Crippen molar-refractivity contribution in [2.45, 2.75) is 19.8 Å². The van der Waals surface area contributed by atoms with Gasteiger partial charge in [-0.3, -0.25) is 0 Å². The first-order valence-corrected chi connectivity index (χ1v) is 4.22. The molecule has 0 saturated carbocycles. The summed E-state index contributed by atoms with van der Waals surface area (Å²) in [5.74, 6) is 0. The van der Waals surface area contributed by atoms with Gasteiger partial charge in [-0.25, -0.2) is 4.98 Å². The van der Waals surface area contributed by atoms with Crippen molar-refractivity contribution in [3.63, 3.8) is 0 Å². The van der Waals surface area contributed by atoms with Gasteiger partial charge in [0.1, 0.15) is 11.8 Å². The normalized spacial score (nSPS) is 9.23. The molecule has 0 aliphatic heterocycles. The van der Waals surface area contributed by atoms with Crippen LogP contribution in [0.3, 0.4) is 0 Å². The van der Waals surface area contributed by atoms with Crippen LogP contribution in [0.15, 0.2) is 12.3 Å². The highest BCUT2D eigenvalue weighted by molar-refractivity contribution is 5.19. The molecule has 1 aromatic rings. The number of hydrogen-bond donors (Lipinski definition) is 0. The molecule has 0 unspecified atom stereocenters. The minimum Gasteiger partial charge on any atom is -0.463 e. The average molecular weight is 177 g/mol. The third kappa shape index (κ3) is 3.08. The summed E-state index contributed by atoms with van der Waals surface area (Å²) < 4.78 is 5.22. The summed E-state index contributed by atoms with van der Waals surface area (Å²) in [7, 11) is 0. The van der Waals surface area contributed by atoms with Gasteiger partial charge >= 0.3 is 6.01 Å². The smallest absolute Gasteiger partial charge is 0.317 e. The number of aromatic nitrogens is 2. The van der Waals surface area contributed by atoms with E-state index in [9.17, 15) is 0 Å². The van der Waals surface area contributed by atoms with Crippen molar-refractivity contribution in [3.8, 4) is 12.1 Å². The largest absolute Gasteiger partial charge is 0.463 e. The van der Waals surface area contributed by atoms with Crippen LogP contribution in [0.5, 0.6) is 6.01 Å². The first kappa shape index (κ1) is 9.46. The molecule has 0 bridgehead atoms. The van der Waals surface area contributed by atoms with Gasteiger partial charge in [0.25, 0.3) is 0 Å². The predicted octanol–water partition coefficient (Wildman–Crippen LogP) is 1.53. The lowest BCUT2D eigenvalue weighted by molar-refractivity contribution is 0.285. The molecule has 68 valence electrons. The number of nitriles is 1. The Morgan fingerprint density at radius 3 is 3.15 bits per heavy atom. The molecule has 13 heavy (non-hydrogen) atoms. The molecule has 4 heteroatoms. The van der Waals surface area contributed by atoms with Gasteiger partial charge in [0.2, 0.25) is 0 Å². The van der Waals surface area contributed by atoms with Gasteiger partial charge in [-0.15, -0.1) is 0 Å². The summed E-state index contributed by atoms with van der Waals surface area (Å²) in [6.45, 7) is 2.68. The van der Waals surface area contributed by atoms with Gasteiger partial charge in [-0.2, -0.15) is 10.2 Å². The second-order valence-corrected chi connectivity index (χ2v) is 2.54. The number of ether oxygens (including phenoxy) is 1. The highest BCUT2D eigenvalue weighted by Crippen LogP contribution is 2.02. The molecule has 0 spiro atoms. The van der Waals surface area contributed by atoms with Crippen LogP contribution in [0.1, 0.15) is 25.5 Å². The third-order valence-corrected chi connectivity index (χ3v) is 1.48. The minimum atomic E-state index is 0.285. The van der Waals surface area contributed by atoms with Crippen molar-refractivity contribution < 1.29 is 4.74 Å². The fourth-order valence-corrected chi connectivity index (χ4v) is 0.780. The van der Waals surface area contributed by atoms with Gasteiger partial charge in [-0.1, -0.05) is 13.3 Å². The zero-order valence-electron chi connectivity index (χ0n) is 7.53. The molecule has 4 nitrogen and oxygen atoms in total. The SMILES string of the molecule is CCCCOc1nccc(C#N)n1. The summed E-state index contributed by atoms with van der Waals surface area (Å²) in [4.78, 5) is 7.74. The van der Waals surface area contributed by atoms with Gasteiger partial charge in [0, 0.05) is 6.20 Å². The molecule has 1 rings (SSSR count). The van der Waals surface area contributed by atoms with E-state index in [0.29, 0.717) is 12.3 Å². The van der Waals surface area contributed by atoms with Crippen molar-refractivity contribution in [2.24, 2.45) is 0 Å². The van der Waals surface area contributed by atoms with Crippen LogP contribution in [0.25, 0.3) is 0 Å². The Bertz CT molecular complexity index is 306. The predicted molar refractivity (Wildman–Crippen MR) is 47.2 cm³/mol. The Labute approximate surface area is 77.2 Å². The topological polar surface area (TPSA) is 58.8 Å². The summed E-state index contributed by atoms with van der Waals surface area (Å²) >= 11 is 0. The molecule has 0 amide bonds. The molecule has 0 fully saturated rings. The molecule has 0 saturated heterocycles. The fraction of sp³-hybridized carbons (Fsp3) is 0.444. The van der Waals surface area contributed by atoms with Crippen LogP contribution in [-0.4, -0.2) is 16.6 Å². The van der Waals surface area contributed by atoms with Crippen molar-refractivity contribution in [3.05, 3.63) is 18.0 Å². The minimum absolute atomic E-state index is 0.285. The maximum Gasteiger partial charge on any atom is 0.317 e. The standard InChI is InChI=1S/C9H11N3O/c1-2-3-6-13-9-11-5-4-8(7-10)12-9/h4-5H,2-3,6H2,1H3. The van der Waals surface area contributed by atoms with Gasteiger partial charge in [0.15, 0.2) is 0 Å². The lowest BCUT2D eigenvalue weighted by Gasteiger charge is -2.01. The number of hydrogen-bond acceptors (Lipinski definition) is 4. The van der Waals surface area contributed by atoms with E-state index in [-0.39, 0.29) is 6.01 Å². The summed E-state index contributed by atoms with van der Waals surface area (Å²) in [5, 5.41) is 8.54. The van der Waals surface area contributed by atoms with Crippen LogP contribution in [0.4, 0.5) is 0 Å². The van der Waals surface area contributed by atoms with E-state index in [2.05, 4.69) is 16.9 Å². The lowest BCUT2D eigenvalue weighted by Crippen LogP contribution is -2.01. The second-order valence-electron chi connectivity index (χ2n) is 2.54. The Kier molecular flexibility index (Phi) is 3.71. The Balaban J connectivity index is 2.52. The third-order valence-electron chi connectivity index (χ3n) is 1.48. The van der Waals surface area contributed by atoms with Gasteiger partial charge in [0.05, 0.1) is 6.61 Å². The van der Waals surface area contributed by atoms with Crippen LogP contribution >= 0.6 is 0 Å². The molecular formula is C9H11N3O. The van der Waals surface area contributed by atoms with E-state index < -0.39 is 0 Å². The number of rotatable bonds is 4. The van der Waals surface area contributed by atoms with Crippen LogP contribution in [0.2, 0.25) is 0 Å². The lowest BCUT2D eigenvalue weighted by atomic mass is 10.4. The van der Waals surface area contributed by atoms with Crippen LogP contribution < -0.4 is 4.74 Å². The Morgan fingerprint density at radius 1 is 1.62 bits per heavy atom. The molecule has 0 aliphatic carbocycles. The van der Waals surface area contributed by atoms with Crippen LogP contribution in [-0.2, 0) is 0 Å². The zero-order valence-corrected chi connectivity index (χ0v) is 7.53. The zero-order chi connectivity index (χ0) is 9.52. The molecule has 0 aliphatic rings. The van der Waals surface area contributed by atoms with E-state index >= 15 is 0 Å². The van der Waals surface area contributed by atoms with E-state index in [1.54, 1.807) is 6.07 Å². The van der Waals surface area contributed by atoms with E-state index in [1.165, 1.54) is 6.20 Å². The maximum atomic E-state index is 8.54. The first-order valence-electron chi connectivity index (χ1n) is 4.22. The van der Waals surface area contributed by atoms with E-state index in [1.807, 2.05) is 6.07 Å². The van der Waals surface area contributed by atoms with Gasteiger partial charge in [-0.05, 0) is 12.5 Å². The summed E-state index contributed by atoms with van der Waals surface area (Å²) in [6.07, 6.45) is 3.56. The molecule has 0 N–H and O–H groups in total. The molecule has 0 radical (unpaired) electrons. The average Bonchev–Trinajstić information content (AvgIpc) is 2.19. The highest BCUT2D eigenvalue weighted by Gasteiger charge is 1.97. The molecule has 1 heterocycles. The summed E-state index contributed by atoms with van der Waals surface area (Å²) in [5.41, 5.74) is 0.335. The summed E-state index contributed by atoms with van der Waals surface area (Å²) in [6, 6.07) is 3.76. The van der Waals surface area contributed by atoms with E-state index in [0.717, 1.165) is 12.8 Å². The Morgan fingerprint density at radius 2 is 2.46 bits per heavy atom. The molecule has 0 aromatic carbocycles. The highest BCUT2D eigenvalue weighted by atomic mass is 16.5. The maximum absolute atomic E-state index is 8.54. The van der Waals surface area contributed by atoms with Crippen molar-refractivity contribution >= 4 is 0 Å². The van der Waals surface area contributed by atoms with Crippen molar-refractivity contribution in [1.29, 1.82) is 5.26 Å². The molecule has 1 aromatic heterocycles. The first-order chi connectivity index (χ1) is 6.36. The Hall–Kier alpha value is -1.63. The molecular weight excluding hydrogens is 166 g/mol. The van der Waals surface area contributed by atoms with Crippen LogP contribution in [0, 0.1) is 11.3 Å². The van der Waals surface area contributed by atoms with Gasteiger partial charge < -0.3 is 4.74 Å². The van der Waals surface area contributed by atoms with E-state index in [4.69, 9.17) is 10.00 Å². The van der Waals surface area contributed by atoms with Crippen molar-refractivity contribution in [1.82, 2.24) is 9.97 Å². The van der Waals surface area contributed by atoms with Crippen molar-refractivity contribution in [2.75, 3.05) is 6.61 Å². The fourth-order valence-electron chi connectivity index (χ4n) is 0.780. The second kappa shape index (κ2) is 5.09. The number of nitrogens with zero attached hydrogens (tertiary/aromatic N) is 3. The number of unbranched alkanes of at least 4 members (excludes halogenated alkanes) is 1. The quantitative estimate of drug-likeness (QED) is 0.654. The monoisotopic (exact) mass is 177 g/mol. The molecule has 0 atom stereocenters.